The summed E-state index contributed by atoms with van der Waals surface area (Å²) in [6.07, 6.45) is 8.76. The van der Waals surface area contributed by atoms with E-state index in [1.165, 1.54) is 37.7 Å². The van der Waals surface area contributed by atoms with Crippen molar-refractivity contribution in [1.29, 1.82) is 0 Å². The maximum atomic E-state index is 5.68. The number of rotatable bonds is 3. The van der Waals surface area contributed by atoms with Crippen LogP contribution in [0.2, 0.25) is 0 Å². The fraction of sp³-hybridized carbons (Fsp3) is 0.769. The number of hydrogen-bond acceptors (Lipinski definition) is 2. The summed E-state index contributed by atoms with van der Waals surface area (Å²) in [5.74, 6) is 0.946. The summed E-state index contributed by atoms with van der Waals surface area (Å²) in [7, 11) is 0. The van der Waals surface area contributed by atoms with Crippen LogP contribution < -0.4 is 5.73 Å². The van der Waals surface area contributed by atoms with Crippen molar-refractivity contribution in [2.75, 3.05) is 0 Å². The van der Waals surface area contributed by atoms with Crippen LogP contribution >= 0.6 is 0 Å². The van der Waals surface area contributed by atoms with Crippen molar-refractivity contribution in [1.82, 2.24) is 9.78 Å². The Balaban J connectivity index is 2.02. The SMILES string of the molecule is CCC1CCC(n2cc(CN)c(C)n2)CC1. The van der Waals surface area contributed by atoms with Crippen molar-refractivity contribution < 1.29 is 0 Å². The molecule has 3 heteroatoms. The Labute approximate surface area is 98.0 Å². The molecule has 90 valence electrons. The largest absolute Gasteiger partial charge is 0.326 e. The molecule has 16 heavy (non-hydrogen) atoms. The molecule has 0 unspecified atom stereocenters. The highest BCUT2D eigenvalue weighted by molar-refractivity contribution is 5.15. The third-order valence-corrected chi connectivity index (χ3v) is 4.01. The van der Waals surface area contributed by atoms with Gasteiger partial charge < -0.3 is 5.73 Å². The Hall–Kier alpha value is -0.830. The van der Waals surface area contributed by atoms with Crippen molar-refractivity contribution in [2.45, 2.75) is 58.5 Å². The second-order valence-electron chi connectivity index (χ2n) is 5.01. The molecule has 0 bridgehead atoms. The predicted octanol–water partition coefficient (Wildman–Crippen LogP) is 2.79. The molecule has 1 saturated carbocycles. The van der Waals surface area contributed by atoms with Gasteiger partial charge in [0.1, 0.15) is 0 Å². The molecule has 1 aromatic rings. The molecule has 2 N–H and O–H groups in total. The summed E-state index contributed by atoms with van der Waals surface area (Å²) in [5, 5.41) is 4.59. The van der Waals surface area contributed by atoms with Crippen LogP contribution in [0.5, 0.6) is 0 Å². The Bertz CT molecular complexity index is 335. The summed E-state index contributed by atoms with van der Waals surface area (Å²) < 4.78 is 2.16. The average Bonchev–Trinajstić information content (AvgIpc) is 2.71. The van der Waals surface area contributed by atoms with Gasteiger partial charge in [0.2, 0.25) is 0 Å². The predicted molar refractivity (Wildman–Crippen MR) is 66.1 cm³/mol. The topological polar surface area (TPSA) is 43.8 Å². The first-order valence-corrected chi connectivity index (χ1v) is 6.49. The minimum Gasteiger partial charge on any atom is -0.326 e. The summed E-state index contributed by atoms with van der Waals surface area (Å²) >= 11 is 0. The molecule has 1 aliphatic carbocycles. The van der Waals surface area contributed by atoms with Crippen LogP contribution in [0.3, 0.4) is 0 Å². The molecule has 0 aliphatic heterocycles. The summed E-state index contributed by atoms with van der Waals surface area (Å²) in [4.78, 5) is 0. The number of aryl methyl sites for hydroxylation is 1. The van der Waals surface area contributed by atoms with E-state index in [4.69, 9.17) is 5.73 Å². The van der Waals surface area contributed by atoms with Gasteiger partial charge in [0, 0.05) is 18.3 Å². The van der Waals surface area contributed by atoms with Crippen LogP contribution in [-0.2, 0) is 6.54 Å². The highest BCUT2D eigenvalue weighted by Crippen LogP contribution is 2.33. The average molecular weight is 221 g/mol. The molecule has 1 heterocycles. The number of aromatic nitrogens is 2. The molecule has 2 rings (SSSR count). The third kappa shape index (κ3) is 2.29. The van der Waals surface area contributed by atoms with Gasteiger partial charge in [-0.15, -0.1) is 0 Å². The fourth-order valence-electron chi connectivity index (χ4n) is 2.72. The molecule has 0 saturated heterocycles. The number of hydrogen-bond donors (Lipinski definition) is 1. The first-order valence-electron chi connectivity index (χ1n) is 6.49. The molecule has 0 atom stereocenters. The van der Waals surface area contributed by atoms with Crippen LogP contribution in [0.15, 0.2) is 6.20 Å². The monoisotopic (exact) mass is 221 g/mol. The van der Waals surface area contributed by atoms with Gasteiger partial charge in [-0.25, -0.2) is 0 Å². The molecule has 1 aromatic heterocycles. The van der Waals surface area contributed by atoms with Crippen LogP contribution in [-0.4, -0.2) is 9.78 Å². The van der Waals surface area contributed by atoms with Crippen LogP contribution in [0, 0.1) is 12.8 Å². The molecule has 1 fully saturated rings. The molecule has 0 amide bonds. The van der Waals surface area contributed by atoms with Gasteiger partial charge in [-0.1, -0.05) is 13.3 Å². The molecule has 1 aliphatic rings. The lowest BCUT2D eigenvalue weighted by Gasteiger charge is -2.27. The zero-order valence-electron chi connectivity index (χ0n) is 10.4. The lowest BCUT2D eigenvalue weighted by Crippen LogP contribution is -2.18. The summed E-state index contributed by atoms with van der Waals surface area (Å²) in [6.45, 7) is 4.96. The normalized spacial score (nSPS) is 25.9. The zero-order chi connectivity index (χ0) is 11.5. The molecule has 0 aromatic carbocycles. The highest BCUT2D eigenvalue weighted by atomic mass is 15.3. The number of nitrogens with zero attached hydrogens (tertiary/aromatic N) is 2. The minimum absolute atomic E-state index is 0.607. The van der Waals surface area contributed by atoms with E-state index < -0.39 is 0 Å². The van der Waals surface area contributed by atoms with Crippen molar-refractivity contribution in [3.05, 3.63) is 17.5 Å². The van der Waals surface area contributed by atoms with Gasteiger partial charge in [-0.2, -0.15) is 5.10 Å². The van der Waals surface area contributed by atoms with Crippen molar-refractivity contribution in [3.63, 3.8) is 0 Å². The van der Waals surface area contributed by atoms with E-state index >= 15 is 0 Å². The fourth-order valence-corrected chi connectivity index (χ4v) is 2.72. The van der Waals surface area contributed by atoms with Gasteiger partial charge in [-0.05, 0) is 38.5 Å². The van der Waals surface area contributed by atoms with Crippen LogP contribution in [0.4, 0.5) is 0 Å². The first kappa shape index (κ1) is 11.6. The van der Waals surface area contributed by atoms with E-state index in [1.807, 2.05) is 0 Å². The lowest BCUT2D eigenvalue weighted by molar-refractivity contribution is 0.256. The van der Waals surface area contributed by atoms with E-state index in [9.17, 15) is 0 Å². The summed E-state index contributed by atoms with van der Waals surface area (Å²) in [6, 6.07) is 0.613. The smallest absolute Gasteiger partial charge is 0.0638 e. The molecule has 3 nitrogen and oxygen atoms in total. The maximum Gasteiger partial charge on any atom is 0.0638 e. The minimum atomic E-state index is 0.607. The van der Waals surface area contributed by atoms with Gasteiger partial charge in [0.15, 0.2) is 0 Å². The van der Waals surface area contributed by atoms with E-state index in [1.54, 1.807) is 0 Å². The third-order valence-electron chi connectivity index (χ3n) is 4.01. The van der Waals surface area contributed by atoms with Crippen LogP contribution in [0.1, 0.15) is 56.3 Å². The van der Waals surface area contributed by atoms with Gasteiger partial charge >= 0.3 is 0 Å². The molecule has 0 radical (unpaired) electrons. The lowest BCUT2D eigenvalue weighted by atomic mass is 9.85. The standard InChI is InChI=1S/C13H23N3/c1-3-11-4-6-13(7-5-11)16-9-12(8-14)10(2)15-16/h9,11,13H,3-8,14H2,1-2H3. The Kier molecular flexibility index (Phi) is 3.64. The van der Waals surface area contributed by atoms with Gasteiger partial charge in [-0.3, -0.25) is 4.68 Å². The Morgan fingerprint density at radius 3 is 2.56 bits per heavy atom. The van der Waals surface area contributed by atoms with Crippen LogP contribution in [0.25, 0.3) is 0 Å². The highest BCUT2D eigenvalue weighted by Gasteiger charge is 2.22. The van der Waals surface area contributed by atoms with Gasteiger partial charge in [0.25, 0.3) is 0 Å². The zero-order valence-corrected chi connectivity index (χ0v) is 10.4. The van der Waals surface area contributed by atoms with E-state index in [0.29, 0.717) is 12.6 Å². The second kappa shape index (κ2) is 5.00. The quantitative estimate of drug-likeness (QED) is 0.853. The Morgan fingerprint density at radius 1 is 1.38 bits per heavy atom. The summed E-state index contributed by atoms with van der Waals surface area (Å²) in [5.41, 5.74) is 7.97. The Morgan fingerprint density at radius 2 is 2.06 bits per heavy atom. The second-order valence-corrected chi connectivity index (χ2v) is 5.01. The van der Waals surface area contributed by atoms with E-state index in [-0.39, 0.29) is 0 Å². The number of nitrogens with two attached hydrogens (primary N) is 1. The maximum absolute atomic E-state index is 5.68. The molecular formula is C13H23N3. The first-order chi connectivity index (χ1) is 7.74. The van der Waals surface area contributed by atoms with E-state index in [0.717, 1.165) is 11.6 Å². The van der Waals surface area contributed by atoms with Crippen molar-refractivity contribution in [3.8, 4) is 0 Å². The van der Waals surface area contributed by atoms with Crippen molar-refractivity contribution in [2.24, 2.45) is 11.7 Å². The van der Waals surface area contributed by atoms with E-state index in [2.05, 4.69) is 29.8 Å². The van der Waals surface area contributed by atoms with Gasteiger partial charge in [0.05, 0.1) is 11.7 Å². The molecule has 0 spiro atoms. The molecular weight excluding hydrogens is 198 g/mol. The van der Waals surface area contributed by atoms with Crippen molar-refractivity contribution >= 4 is 0 Å².